The van der Waals surface area contributed by atoms with Gasteiger partial charge in [0, 0.05) is 25.0 Å². The van der Waals surface area contributed by atoms with Gasteiger partial charge in [0.1, 0.15) is 5.82 Å². The number of aromatic nitrogens is 6. The van der Waals surface area contributed by atoms with Crippen molar-refractivity contribution in [1.82, 2.24) is 29.1 Å². The molecule has 178 valence electrons. The Morgan fingerprint density at radius 1 is 1.11 bits per heavy atom. The molecule has 0 saturated heterocycles. The number of hydrogen-bond donors (Lipinski definition) is 1. The molecule has 35 heavy (non-hydrogen) atoms. The number of alkyl halides is 3. The summed E-state index contributed by atoms with van der Waals surface area (Å²) in [5.41, 5.74) is 2.59. The summed E-state index contributed by atoms with van der Waals surface area (Å²) in [6.07, 6.45) is -0.360. The van der Waals surface area contributed by atoms with Crippen LogP contribution in [-0.2, 0) is 19.8 Å². The van der Waals surface area contributed by atoms with Crippen molar-refractivity contribution < 1.29 is 17.9 Å². The van der Waals surface area contributed by atoms with Gasteiger partial charge in [-0.3, -0.25) is 9.55 Å². The van der Waals surface area contributed by atoms with Crippen LogP contribution in [0.4, 0.5) is 13.2 Å². The van der Waals surface area contributed by atoms with Crippen molar-refractivity contribution in [3.05, 3.63) is 82.8 Å². The second kappa shape index (κ2) is 8.42. The first-order valence-corrected chi connectivity index (χ1v) is 10.5. The highest BCUT2D eigenvalue weighted by atomic mass is 19.4. The van der Waals surface area contributed by atoms with Crippen LogP contribution < -0.4 is 10.4 Å². The van der Waals surface area contributed by atoms with E-state index in [1.165, 1.54) is 18.7 Å². The molecule has 0 aliphatic rings. The average molecular weight is 480 g/mol. The molecule has 4 heterocycles. The fraction of sp³-hybridized carbons (Fsp3) is 0.167. The minimum absolute atomic E-state index is 0.203. The molecule has 0 aliphatic carbocycles. The van der Waals surface area contributed by atoms with Gasteiger partial charge < -0.3 is 14.3 Å². The van der Waals surface area contributed by atoms with E-state index in [9.17, 15) is 18.0 Å². The maximum Gasteiger partial charge on any atom is 0.434 e. The Kier molecular flexibility index (Phi) is 5.39. The minimum Gasteiger partial charge on any atom is -0.481 e. The molecule has 0 atom stereocenters. The number of imidazole rings is 2. The van der Waals surface area contributed by atoms with Gasteiger partial charge in [0.2, 0.25) is 5.88 Å². The van der Waals surface area contributed by atoms with E-state index in [1.807, 2.05) is 6.07 Å². The first kappa shape index (κ1) is 22.4. The zero-order chi connectivity index (χ0) is 24.7. The lowest BCUT2D eigenvalue weighted by Crippen LogP contribution is -2.17. The number of ether oxygens (including phenoxy) is 1. The molecule has 0 unspecified atom stereocenters. The fourth-order valence-electron chi connectivity index (χ4n) is 3.92. The van der Waals surface area contributed by atoms with E-state index in [1.54, 1.807) is 53.4 Å². The third-order valence-electron chi connectivity index (χ3n) is 5.62. The van der Waals surface area contributed by atoms with Gasteiger partial charge >= 0.3 is 11.9 Å². The molecule has 0 spiro atoms. The number of aromatic amines is 1. The summed E-state index contributed by atoms with van der Waals surface area (Å²) in [6, 6.07) is 12.3. The molecule has 0 amide bonds. The molecule has 1 N–H and O–H groups in total. The molecule has 1 aromatic carbocycles. The van der Waals surface area contributed by atoms with Crippen LogP contribution in [0.3, 0.4) is 0 Å². The second-order valence-corrected chi connectivity index (χ2v) is 7.92. The lowest BCUT2D eigenvalue weighted by molar-refractivity contribution is -0.140. The third kappa shape index (κ3) is 4.16. The summed E-state index contributed by atoms with van der Waals surface area (Å²) in [5, 5.41) is 0. The summed E-state index contributed by atoms with van der Waals surface area (Å²) in [6.45, 7) is 0.251. The Morgan fingerprint density at radius 2 is 1.89 bits per heavy atom. The molecule has 0 aliphatic heterocycles. The largest absolute Gasteiger partial charge is 0.481 e. The average Bonchev–Trinajstić information content (AvgIpc) is 3.39. The zero-order valence-corrected chi connectivity index (χ0v) is 18.7. The van der Waals surface area contributed by atoms with Crippen LogP contribution in [0, 0.1) is 0 Å². The number of fused-ring (bicyclic) bond motifs is 1. The predicted octanol–water partition coefficient (Wildman–Crippen LogP) is 4.26. The molecule has 0 radical (unpaired) electrons. The van der Waals surface area contributed by atoms with Crippen LogP contribution in [0.25, 0.3) is 33.7 Å². The molecule has 5 rings (SSSR count). The highest BCUT2D eigenvalue weighted by Crippen LogP contribution is 2.31. The van der Waals surface area contributed by atoms with Crippen molar-refractivity contribution in [2.75, 3.05) is 7.11 Å². The van der Waals surface area contributed by atoms with Gasteiger partial charge in [-0.2, -0.15) is 13.2 Å². The second-order valence-electron chi connectivity index (χ2n) is 7.92. The van der Waals surface area contributed by atoms with E-state index in [2.05, 4.69) is 19.9 Å². The number of halogens is 3. The Balaban J connectivity index is 1.47. The van der Waals surface area contributed by atoms with Crippen LogP contribution in [0.1, 0.15) is 11.3 Å². The van der Waals surface area contributed by atoms with E-state index >= 15 is 0 Å². The number of aryl methyl sites for hydroxylation is 1. The topological polar surface area (TPSA) is 90.6 Å². The van der Waals surface area contributed by atoms with Crippen LogP contribution >= 0.6 is 0 Å². The van der Waals surface area contributed by atoms with Crippen molar-refractivity contribution in [1.29, 1.82) is 0 Å². The number of pyridine rings is 2. The molecule has 0 fully saturated rings. The zero-order valence-electron chi connectivity index (χ0n) is 18.7. The van der Waals surface area contributed by atoms with E-state index in [4.69, 9.17) is 4.74 Å². The maximum atomic E-state index is 13.0. The molecular formula is C24H19F3N6O2. The van der Waals surface area contributed by atoms with Crippen molar-refractivity contribution in [3.8, 4) is 28.5 Å². The Labute approximate surface area is 196 Å². The van der Waals surface area contributed by atoms with Crippen molar-refractivity contribution in [3.63, 3.8) is 0 Å². The number of methoxy groups -OCH3 is 1. The monoisotopic (exact) mass is 480 g/mol. The quantitative estimate of drug-likeness (QED) is 0.406. The molecular weight excluding hydrogens is 461 g/mol. The molecule has 0 bridgehead atoms. The van der Waals surface area contributed by atoms with Gasteiger partial charge in [0.15, 0.2) is 5.69 Å². The Hall–Kier alpha value is -4.41. The Bertz CT molecular complexity index is 1580. The van der Waals surface area contributed by atoms with Crippen molar-refractivity contribution in [2.45, 2.75) is 12.7 Å². The maximum absolute atomic E-state index is 13.0. The number of nitrogens with zero attached hydrogens (tertiary/aromatic N) is 5. The Morgan fingerprint density at radius 3 is 2.57 bits per heavy atom. The van der Waals surface area contributed by atoms with Gasteiger partial charge in [0.25, 0.3) is 0 Å². The third-order valence-corrected chi connectivity index (χ3v) is 5.62. The first-order chi connectivity index (χ1) is 16.7. The SMILES string of the molecule is COc1ncccc1-c1cc2c(cn1)[nH]c(=O)n2Cc1ccc(-c2nc(C(F)(F)F)cn2C)cc1. The van der Waals surface area contributed by atoms with E-state index in [0.717, 1.165) is 11.8 Å². The van der Waals surface area contributed by atoms with Gasteiger partial charge in [-0.1, -0.05) is 24.3 Å². The highest BCUT2D eigenvalue weighted by molar-refractivity contribution is 5.80. The van der Waals surface area contributed by atoms with Crippen LogP contribution in [-0.4, -0.2) is 36.2 Å². The smallest absolute Gasteiger partial charge is 0.434 e. The van der Waals surface area contributed by atoms with Crippen LogP contribution in [0.5, 0.6) is 5.88 Å². The standard InChI is InChI=1S/C24H19F3N6O2/c1-32-13-20(24(25,26)27)31-21(32)15-7-5-14(6-8-15)12-33-19-10-17(29-11-18(19)30-23(33)34)16-4-3-9-28-22(16)35-2/h3-11,13H,12H2,1-2H3,(H,30,34). The molecule has 4 aromatic heterocycles. The number of rotatable bonds is 5. The van der Waals surface area contributed by atoms with Crippen molar-refractivity contribution in [2.24, 2.45) is 7.05 Å². The highest BCUT2D eigenvalue weighted by Gasteiger charge is 2.34. The summed E-state index contributed by atoms with van der Waals surface area (Å²) in [4.78, 5) is 27.8. The van der Waals surface area contributed by atoms with Gasteiger partial charge in [0.05, 0.1) is 42.1 Å². The summed E-state index contributed by atoms with van der Waals surface area (Å²) in [5.74, 6) is 0.622. The number of H-pyrrole nitrogens is 1. The summed E-state index contributed by atoms with van der Waals surface area (Å²) >= 11 is 0. The lowest BCUT2D eigenvalue weighted by atomic mass is 10.1. The van der Waals surface area contributed by atoms with Gasteiger partial charge in [-0.25, -0.2) is 14.8 Å². The molecule has 8 nitrogen and oxygen atoms in total. The number of benzene rings is 1. The van der Waals surface area contributed by atoms with E-state index in [-0.39, 0.29) is 18.1 Å². The molecule has 5 aromatic rings. The predicted molar refractivity (Wildman–Crippen MR) is 123 cm³/mol. The first-order valence-electron chi connectivity index (χ1n) is 10.5. The van der Waals surface area contributed by atoms with E-state index in [0.29, 0.717) is 33.7 Å². The summed E-state index contributed by atoms with van der Waals surface area (Å²) in [7, 11) is 3.04. The molecule has 11 heteroatoms. The lowest BCUT2D eigenvalue weighted by Gasteiger charge is -2.08. The molecule has 0 saturated carbocycles. The number of hydrogen-bond acceptors (Lipinski definition) is 5. The number of nitrogens with one attached hydrogen (secondary N) is 1. The fourth-order valence-corrected chi connectivity index (χ4v) is 3.92. The summed E-state index contributed by atoms with van der Waals surface area (Å²) < 4.78 is 47.2. The van der Waals surface area contributed by atoms with Crippen LogP contribution in [0.15, 0.2) is 65.8 Å². The van der Waals surface area contributed by atoms with Gasteiger partial charge in [-0.15, -0.1) is 0 Å². The minimum atomic E-state index is -4.51. The van der Waals surface area contributed by atoms with E-state index < -0.39 is 11.9 Å². The van der Waals surface area contributed by atoms with Gasteiger partial charge in [-0.05, 0) is 23.8 Å². The normalized spacial score (nSPS) is 11.8. The van der Waals surface area contributed by atoms with Crippen molar-refractivity contribution >= 4 is 11.0 Å². The van der Waals surface area contributed by atoms with Crippen LogP contribution in [0.2, 0.25) is 0 Å².